The Bertz CT molecular complexity index is 530. The minimum atomic E-state index is 0.606. The zero-order valence-corrected chi connectivity index (χ0v) is 12.3. The van der Waals surface area contributed by atoms with E-state index in [9.17, 15) is 0 Å². The molecule has 3 heteroatoms. The van der Waals surface area contributed by atoms with Crippen molar-refractivity contribution in [3.63, 3.8) is 0 Å². The van der Waals surface area contributed by atoms with E-state index < -0.39 is 0 Å². The number of hydrogen-bond acceptors (Lipinski definition) is 2. The first kappa shape index (κ1) is 13.2. The first-order valence-electron chi connectivity index (χ1n) is 7.60. The summed E-state index contributed by atoms with van der Waals surface area (Å²) < 4.78 is 1.88. The summed E-state index contributed by atoms with van der Waals surface area (Å²) in [5.74, 6) is 1.57. The Balaban J connectivity index is 1.69. The van der Waals surface area contributed by atoms with Crippen LogP contribution in [0.1, 0.15) is 33.1 Å². The summed E-state index contributed by atoms with van der Waals surface area (Å²) in [7, 11) is 0. The second-order valence-electron chi connectivity index (χ2n) is 6.02. The van der Waals surface area contributed by atoms with E-state index in [2.05, 4.69) is 48.5 Å². The van der Waals surface area contributed by atoms with Crippen molar-refractivity contribution < 1.29 is 0 Å². The molecule has 1 aliphatic rings. The van der Waals surface area contributed by atoms with Gasteiger partial charge in [-0.25, -0.2) is 4.68 Å². The fourth-order valence-corrected chi connectivity index (χ4v) is 3.13. The Labute approximate surface area is 121 Å². The van der Waals surface area contributed by atoms with Gasteiger partial charge in [-0.3, -0.25) is 0 Å². The van der Waals surface area contributed by atoms with Crippen LogP contribution >= 0.6 is 0 Å². The molecule has 1 fully saturated rings. The summed E-state index contributed by atoms with van der Waals surface area (Å²) in [5, 5.41) is 7.95. The van der Waals surface area contributed by atoms with Crippen LogP contribution in [0.4, 0.5) is 5.69 Å². The fourth-order valence-electron chi connectivity index (χ4n) is 3.13. The van der Waals surface area contributed by atoms with Gasteiger partial charge in [0.05, 0.1) is 5.69 Å². The van der Waals surface area contributed by atoms with Gasteiger partial charge in [0.25, 0.3) is 0 Å². The number of aromatic nitrogens is 2. The second kappa shape index (κ2) is 5.70. The molecule has 106 valence electrons. The Morgan fingerprint density at radius 2 is 1.95 bits per heavy atom. The normalized spacial score (nSPS) is 26.4. The van der Waals surface area contributed by atoms with Crippen molar-refractivity contribution in [2.45, 2.75) is 39.2 Å². The van der Waals surface area contributed by atoms with Crippen molar-refractivity contribution in [2.24, 2.45) is 11.8 Å². The van der Waals surface area contributed by atoms with Gasteiger partial charge in [0.2, 0.25) is 0 Å². The van der Waals surface area contributed by atoms with Crippen LogP contribution in [0.25, 0.3) is 5.69 Å². The second-order valence-corrected chi connectivity index (χ2v) is 6.02. The van der Waals surface area contributed by atoms with E-state index in [1.165, 1.54) is 24.9 Å². The Hall–Kier alpha value is -1.77. The highest BCUT2D eigenvalue weighted by molar-refractivity contribution is 5.49. The third-order valence-corrected chi connectivity index (χ3v) is 4.70. The van der Waals surface area contributed by atoms with E-state index in [1.54, 1.807) is 6.20 Å². The maximum Gasteiger partial charge on any atom is 0.0647 e. The molecule has 0 bridgehead atoms. The van der Waals surface area contributed by atoms with Gasteiger partial charge < -0.3 is 5.32 Å². The van der Waals surface area contributed by atoms with Crippen molar-refractivity contribution in [2.75, 3.05) is 5.32 Å². The van der Waals surface area contributed by atoms with Crippen LogP contribution in [0.15, 0.2) is 42.7 Å². The van der Waals surface area contributed by atoms with Crippen molar-refractivity contribution in [3.05, 3.63) is 42.7 Å². The lowest BCUT2D eigenvalue weighted by atomic mass is 9.78. The number of anilines is 1. The quantitative estimate of drug-likeness (QED) is 0.908. The smallest absolute Gasteiger partial charge is 0.0647 e. The molecule has 2 aromatic rings. The molecule has 20 heavy (non-hydrogen) atoms. The molecule has 0 aliphatic heterocycles. The number of hydrogen-bond donors (Lipinski definition) is 1. The van der Waals surface area contributed by atoms with E-state index in [0.717, 1.165) is 17.5 Å². The molecule has 1 N–H and O–H groups in total. The molecule has 0 radical (unpaired) electrons. The van der Waals surface area contributed by atoms with E-state index in [1.807, 2.05) is 16.9 Å². The predicted octanol–water partition coefficient (Wildman–Crippen LogP) is 4.11. The number of nitrogens with zero attached hydrogens (tertiary/aromatic N) is 2. The Morgan fingerprint density at radius 1 is 1.15 bits per heavy atom. The predicted molar refractivity (Wildman–Crippen MR) is 83.2 cm³/mol. The lowest BCUT2D eigenvalue weighted by Crippen LogP contribution is -2.34. The fraction of sp³-hybridized carbons (Fsp3) is 0.471. The molecule has 3 nitrogen and oxygen atoms in total. The minimum absolute atomic E-state index is 0.606. The topological polar surface area (TPSA) is 29.9 Å². The van der Waals surface area contributed by atoms with Crippen molar-refractivity contribution in [3.8, 4) is 5.69 Å². The van der Waals surface area contributed by atoms with E-state index in [0.29, 0.717) is 6.04 Å². The average molecular weight is 269 g/mol. The summed E-state index contributed by atoms with van der Waals surface area (Å²) >= 11 is 0. The van der Waals surface area contributed by atoms with Crippen molar-refractivity contribution in [1.82, 2.24) is 9.78 Å². The lowest BCUT2D eigenvalue weighted by Gasteiger charge is -2.35. The molecule has 0 spiro atoms. The summed E-state index contributed by atoms with van der Waals surface area (Å²) in [6.07, 6.45) is 7.77. The molecular weight excluding hydrogens is 246 g/mol. The monoisotopic (exact) mass is 269 g/mol. The molecular formula is C17H23N3. The van der Waals surface area contributed by atoms with Gasteiger partial charge in [0.1, 0.15) is 0 Å². The molecule has 1 aliphatic carbocycles. The van der Waals surface area contributed by atoms with Gasteiger partial charge in [0, 0.05) is 24.1 Å². The van der Waals surface area contributed by atoms with Crippen molar-refractivity contribution >= 4 is 5.69 Å². The van der Waals surface area contributed by atoms with Gasteiger partial charge in [-0.05, 0) is 48.6 Å². The number of nitrogens with one attached hydrogen (secondary N) is 1. The SMILES string of the molecule is CC1CCCC(Nc2ccc(-n3cccn3)cc2)C1C. The van der Waals surface area contributed by atoms with E-state index >= 15 is 0 Å². The number of benzene rings is 1. The van der Waals surface area contributed by atoms with Gasteiger partial charge in [-0.1, -0.05) is 26.7 Å². The summed E-state index contributed by atoms with van der Waals surface area (Å²) in [6, 6.07) is 11.1. The molecule has 1 aromatic heterocycles. The average Bonchev–Trinajstić information content (AvgIpc) is 2.99. The van der Waals surface area contributed by atoms with Crippen LogP contribution in [-0.4, -0.2) is 15.8 Å². The van der Waals surface area contributed by atoms with Gasteiger partial charge in [0.15, 0.2) is 0 Å². The first-order chi connectivity index (χ1) is 9.74. The lowest BCUT2D eigenvalue weighted by molar-refractivity contribution is 0.253. The highest BCUT2D eigenvalue weighted by Crippen LogP contribution is 2.31. The maximum absolute atomic E-state index is 4.25. The highest BCUT2D eigenvalue weighted by atomic mass is 15.3. The third kappa shape index (κ3) is 2.72. The van der Waals surface area contributed by atoms with E-state index in [4.69, 9.17) is 0 Å². The third-order valence-electron chi connectivity index (χ3n) is 4.70. The molecule has 1 heterocycles. The van der Waals surface area contributed by atoms with Crippen LogP contribution < -0.4 is 5.32 Å². The van der Waals surface area contributed by atoms with E-state index in [-0.39, 0.29) is 0 Å². The molecule has 3 rings (SSSR count). The van der Waals surface area contributed by atoms with Crippen LogP contribution in [0.5, 0.6) is 0 Å². The van der Waals surface area contributed by atoms with Gasteiger partial charge >= 0.3 is 0 Å². The molecule has 1 saturated carbocycles. The minimum Gasteiger partial charge on any atom is -0.382 e. The molecule has 0 amide bonds. The van der Waals surface area contributed by atoms with Crippen LogP contribution in [-0.2, 0) is 0 Å². The summed E-state index contributed by atoms with van der Waals surface area (Å²) in [5.41, 5.74) is 2.32. The Morgan fingerprint density at radius 3 is 2.65 bits per heavy atom. The molecule has 3 unspecified atom stereocenters. The summed E-state index contributed by atoms with van der Waals surface area (Å²) in [4.78, 5) is 0. The standard InChI is InChI=1S/C17H23N3/c1-13-5-3-6-17(14(13)2)19-15-7-9-16(10-8-15)20-12-4-11-18-20/h4,7-14,17,19H,3,5-6H2,1-2H3. The maximum atomic E-state index is 4.25. The zero-order chi connectivity index (χ0) is 13.9. The molecule has 1 aromatic carbocycles. The van der Waals surface area contributed by atoms with Crippen LogP contribution in [0.2, 0.25) is 0 Å². The zero-order valence-electron chi connectivity index (χ0n) is 12.3. The summed E-state index contributed by atoms with van der Waals surface area (Å²) in [6.45, 7) is 4.75. The van der Waals surface area contributed by atoms with Gasteiger partial charge in [-0.2, -0.15) is 5.10 Å². The van der Waals surface area contributed by atoms with Crippen LogP contribution in [0.3, 0.4) is 0 Å². The first-order valence-corrected chi connectivity index (χ1v) is 7.60. The van der Waals surface area contributed by atoms with Crippen molar-refractivity contribution in [1.29, 1.82) is 0 Å². The Kier molecular flexibility index (Phi) is 3.77. The van der Waals surface area contributed by atoms with Crippen LogP contribution in [0, 0.1) is 11.8 Å². The highest BCUT2D eigenvalue weighted by Gasteiger charge is 2.26. The number of rotatable bonds is 3. The molecule has 3 atom stereocenters. The van der Waals surface area contributed by atoms with Gasteiger partial charge in [-0.15, -0.1) is 0 Å². The molecule has 0 saturated heterocycles. The largest absolute Gasteiger partial charge is 0.382 e.